The molecule has 0 aromatic rings. The van der Waals surface area contributed by atoms with E-state index in [1.165, 1.54) is 7.11 Å². The summed E-state index contributed by atoms with van der Waals surface area (Å²) in [6.45, 7) is 6.77. The van der Waals surface area contributed by atoms with Crippen molar-refractivity contribution in [1.29, 1.82) is 0 Å². The lowest BCUT2D eigenvalue weighted by Crippen LogP contribution is -2.37. The van der Waals surface area contributed by atoms with Crippen LogP contribution >= 0.6 is 24.0 Å². The summed E-state index contributed by atoms with van der Waals surface area (Å²) in [5.74, 6) is 0.708. The van der Waals surface area contributed by atoms with Crippen molar-refractivity contribution in [3.63, 3.8) is 0 Å². The second-order valence-corrected chi connectivity index (χ2v) is 6.14. The molecule has 1 heterocycles. The minimum absolute atomic E-state index is 0. The van der Waals surface area contributed by atoms with Crippen LogP contribution in [0.1, 0.15) is 51.9 Å². The van der Waals surface area contributed by atoms with Crippen LogP contribution in [-0.2, 0) is 19.0 Å². The number of rotatable bonds is 13. The molecule has 0 aliphatic carbocycles. The fraction of sp³-hybridized carbons (Fsp3) is 0.889. The zero-order valence-corrected chi connectivity index (χ0v) is 18.6. The van der Waals surface area contributed by atoms with E-state index in [0.29, 0.717) is 19.1 Å². The van der Waals surface area contributed by atoms with Crippen molar-refractivity contribution >= 4 is 35.9 Å². The van der Waals surface area contributed by atoms with Gasteiger partial charge in [-0.3, -0.25) is 9.79 Å². The third-order valence-electron chi connectivity index (χ3n) is 3.97. The maximum atomic E-state index is 11.0. The molecule has 0 spiro atoms. The first-order valence-electron chi connectivity index (χ1n) is 9.54. The fourth-order valence-corrected chi connectivity index (χ4v) is 2.57. The van der Waals surface area contributed by atoms with Crippen LogP contribution in [0.3, 0.4) is 0 Å². The summed E-state index contributed by atoms with van der Waals surface area (Å²) < 4.78 is 15.8. The predicted molar refractivity (Wildman–Crippen MR) is 114 cm³/mol. The van der Waals surface area contributed by atoms with Gasteiger partial charge in [-0.1, -0.05) is 6.42 Å². The number of hydrogen-bond acceptors (Lipinski definition) is 5. The normalized spacial score (nSPS) is 16.8. The average molecular weight is 485 g/mol. The molecule has 1 saturated heterocycles. The Kier molecular flexibility index (Phi) is 17.4. The number of ether oxygens (including phenoxy) is 3. The van der Waals surface area contributed by atoms with Gasteiger partial charge in [0.25, 0.3) is 0 Å². The number of esters is 1. The summed E-state index contributed by atoms with van der Waals surface area (Å²) in [5, 5.41) is 6.56. The lowest BCUT2D eigenvalue weighted by Gasteiger charge is -2.12. The van der Waals surface area contributed by atoms with E-state index in [4.69, 9.17) is 9.47 Å². The predicted octanol–water partition coefficient (Wildman–Crippen LogP) is 2.48. The lowest BCUT2D eigenvalue weighted by atomic mass is 10.2. The van der Waals surface area contributed by atoms with Crippen molar-refractivity contribution in [2.75, 3.05) is 46.6 Å². The van der Waals surface area contributed by atoms with Gasteiger partial charge in [0.2, 0.25) is 0 Å². The quantitative estimate of drug-likeness (QED) is 0.137. The van der Waals surface area contributed by atoms with Gasteiger partial charge in [-0.25, -0.2) is 0 Å². The van der Waals surface area contributed by atoms with E-state index in [1.807, 2.05) is 0 Å². The third kappa shape index (κ3) is 13.6. The maximum absolute atomic E-state index is 11.0. The largest absolute Gasteiger partial charge is 0.469 e. The van der Waals surface area contributed by atoms with Gasteiger partial charge in [-0.15, -0.1) is 24.0 Å². The molecule has 26 heavy (non-hydrogen) atoms. The number of guanidine groups is 1. The van der Waals surface area contributed by atoms with Gasteiger partial charge < -0.3 is 24.8 Å². The van der Waals surface area contributed by atoms with Crippen LogP contribution in [0.4, 0.5) is 0 Å². The molecule has 1 atom stereocenters. The molecule has 1 aliphatic rings. The first-order valence-corrected chi connectivity index (χ1v) is 9.54. The zero-order valence-electron chi connectivity index (χ0n) is 16.3. The van der Waals surface area contributed by atoms with Crippen molar-refractivity contribution in [2.45, 2.75) is 58.0 Å². The second kappa shape index (κ2) is 17.8. The number of carbonyl (C=O) groups is 1. The Morgan fingerprint density at radius 1 is 1.23 bits per heavy atom. The summed E-state index contributed by atoms with van der Waals surface area (Å²) in [6.07, 6.45) is 6.83. The van der Waals surface area contributed by atoms with Crippen molar-refractivity contribution in [3.05, 3.63) is 0 Å². The minimum Gasteiger partial charge on any atom is -0.469 e. The van der Waals surface area contributed by atoms with Crippen molar-refractivity contribution < 1.29 is 19.0 Å². The van der Waals surface area contributed by atoms with Crippen molar-refractivity contribution in [1.82, 2.24) is 10.6 Å². The van der Waals surface area contributed by atoms with E-state index in [9.17, 15) is 4.79 Å². The molecule has 1 rings (SSSR count). The average Bonchev–Trinajstić information content (AvgIpc) is 3.13. The Hall–Kier alpha value is -0.610. The van der Waals surface area contributed by atoms with Gasteiger partial charge in [0.15, 0.2) is 5.96 Å². The maximum Gasteiger partial charge on any atom is 0.305 e. The first kappa shape index (κ1) is 25.4. The van der Waals surface area contributed by atoms with Crippen LogP contribution in [0.25, 0.3) is 0 Å². The topological polar surface area (TPSA) is 81.2 Å². The van der Waals surface area contributed by atoms with Crippen LogP contribution in [0.5, 0.6) is 0 Å². The van der Waals surface area contributed by atoms with Crippen molar-refractivity contribution in [2.24, 2.45) is 4.99 Å². The summed E-state index contributed by atoms with van der Waals surface area (Å²) >= 11 is 0. The third-order valence-corrected chi connectivity index (χ3v) is 3.97. The summed E-state index contributed by atoms with van der Waals surface area (Å²) in [5.41, 5.74) is 0. The van der Waals surface area contributed by atoms with E-state index < -0.39 is 0 Å². The summed E-state index contributed by atoms with van der Waals surface area (Å²) in [7, 11) is 1.43. The molecule has 0 bridgehead atoms. The highest BCUT2D eigenvalue weighted by Gasteiger charge is 2.14. The Labute approximate surface area is 175 Å². The SMILES string of the molecule is CCNC(=NCCCOCC1CCCO1)NCCCCCC(=O)OC.I. The molecule has 2 N–H and O–H groups in total. The summed E-state index contributed by atoms with van der Waals surface area (Å²) in [4.78, 5) is 15.6. The number of unbranched alkanes of at least 4 members (excludes halogenated alkanes) is 2. The van der Waals surface area contributed by atoms with Gasteiger partial charge >= 0.3 is 5.97 Å². The highest BCUT2D eigenvalue weighted by atomic mass is 127. The monoisotopic (exact) mass is 485 g/mol. The zero-order chi connectivity index (χ0) is 18.2. The number of carbonyl (C=O) groups excluding carboxylic acids is 1. The van der Waals surface area contributed by atoms with Gasteiger partial charge in [-0.2, -0.15) is 0 Å². The standard InChI is InChI=1S/C18H35N3O4.HI/c1-3-19-18(20-11-6-4-5-10-17(22)23-2)21-12-8-13-24-15-16-9-7-14-25-16;/h16H,3-15H2,1-2H3,(H2,19,20,21);1H. The smallest absolute Gasteiger partial charge is 0.305 e. The minimum atomic E-state index is -0.135. The highest BCUT2D eigenvalue weighted by Crippen LogP contribution is 2.11. The summed E-state index contributed by atoms with van der Waals surface area (Å²) in [6, 6.07) is 0. The van der Waals surface area contributed by atoms with Crippen LogP contribution in [0.15, 0.2) is 4.99 Å². The van der Waals surface area contributed by atoms with E-state index in [2.05, 4.69) is 27.3 Å². The van der Waals surface area contributed by atoms with Gasteiger partial charge in [0.05, 0.1) is 19.8 Å². The van der Waals surface area contributed by atoms with E-state index in [1.54, 1.807) is 0 Å². The Balaban J connectivity index is 0.00000625. The molecule has 1 aliphatic heterocycles. The Morgan fingerprint density at radius 2 is 2.08 bits per heavy atom. The number of aliphatic imine (C=N–C) groups is 1. The molecule has 154 valence electrons. The molecule has 1 fully saturated rings. The Bertz CT molecular complexity index is 377. The number of nitrogens with one attached hydrogen (secondary N) is 2. The fourth-order valence-electron chi connectivity index (χ4n) is 2.57. The first-order chi connectivity index (χ1) is 12.3. The van der Waals surface area contributed by atoms with Crippen molar-refractivity contribution in [3.8, 4) is 0 Å². The molecule has 7 nitrogen and oxygen atoms in total. The van der Waals surface area contributed by atoms with E-state index >= 15 is 0 Å². The van der Waals surface area contributed by atoms with Gasteiger partial charge in [0.1, 0.15) is 0 Å². The molecule has 8 heteroatoms. The molecule has 0 aromatic carbocycles. The number of hydrogen-bond donors (Lipinski definition) is 2. The number of halogens is 1. The number of methoxy groups -OCH3 is 1. The number of nitrogens with zero attached hydrogens (tertiary/aromatic N) is 1. The molecular weight excluding hydrogens is 449 g/mol. The van der Waals surface area contributed by atoms with Gasteiger partial charge in [0, 0.05) is 39.3 Å². The molecule has 0 saturated carbocycles. The molecule has 0 amide bonds. The lowest BCUT2D eigenvalue weighted by molar-refractivity contribution is -0.140. The van der Waals surface area contributed by atoms with Crippen LogP contribution in [0, 0.1) is 0 Å². The molecule has 0 radical (unpaired) electrons. The van der Waals surface area contributed by atoms with Crippen LogP contribution in [-0.4, -0.2) is 64.6 Å². The van der Waals surface area contributed by atoms with Crippen LogP contribution in [0.2, 0.25) is 0 Å². The van der Waals surface area contributed by atoms with Gasteiger partial charge in [-0.05, 0) is 39.0 Å². The van der Waals surface area contributed by atoms with Crippen LogP contribution < -0.4 is 10.6 Å². The second-order valence-electron chi connectivity index (χ2n) is 6.14. The Morgan fingerprint density at radius 3 is 2.77 bits per heavy atom. The highest BCUT2D eigenvalue weighted by molar-refractivity contribution is 14.0. The van der Waals surface area contributed by atoms with E-state index in [-0.39, 0.29) is 29.9 Å². The van der Waals surface area contributed by atoms with E-state index in [0.717, 1.165) is 77.3 Å². The molecule has 1 unspecified atom stereocenters. The molecular formula is C18H36IN3O4. The molecule has 0 aromatic heterocycles.